The van der Waals surface area contributed by atoms with Crippen LogP contribution in [0.4, 0.5) is 4.39 Å². The van der Waals surface area contributed by atoms with Crippen molar-refractivity contribution >= 4 is 15.6 Å². The fraction of sp³-hybridized carbons (Fsp3) is 0.190. The van der Waals surface area contributed by atoms with Crippen molar-refractivity contribution in [2.45, 2.75) is 25.7 Å². The molecule has 140 valence electrons. The Bertz CT molecular complexity index is 1100. The smallest absolute Gasteiger partial charge is 0.178 e. The van der Waals surface area contributed by atoms with Gasteiger partial charge in [0, 0.05) is 16.9 Å². The molecule has 4 nitrogen and oxygen atoms in total. The minimum absolute atomic E-state index is 0.0336. The molecule has 0 fully saturated rings. The van der Waals surface area contributed by atoms with Gasteiger partial charge in [-0.15, -0.1) is 0 Å². The lowest BCUT2D eigenvalue weighted by molar-refractivity contribution is 0.101. The number of Topliss-reactive ketones (excluding diaryl/α,β-unsaturated/α-hetero) is 1. The second-order valence-electron chi connectivity index (χ2n) is 6.32. The molecule has 0 unspecified atom stereocenters. The molecule has 0 atom stereocenters. The van der Waals surface area contributed by atoms with Gasteiger partial charge < -0.3 is 4.57 Å². The van der Waals surface area contributed by atoms with Crippen LogP contribution in [0.2, 0.25) is 0 Å². The Morgan fingerprint density at radius 2 is 1.63 bits per heavy atom. The summed E-state index contributed by atoms with van der Waals surface area (Å²) in [4.78, 5) is 12.3. The molecule has 3 rings (SSSR count). The molecule has 3 aromatic rings. The maximum Gasteiger partial charge on any atom is 0.178 e. The Hall–Kier alpha value is -2.73. The Kier molecular flexibility index (Phi) is 5.02. The SMILES string of the molecule is CCS(=O)(=O)c1ccc(-c2cc(C(C)=O)c(C)n2-c2ccc(F)cc2)cc1. The van der Waals surface area contributed by atoms with Gasteiger partial charge in [-0.1, -0.05) is 19.1 Å². The van der Waals surface area contributed by atoms with E-state index in [0.717, 1.165) is 22.6 Å². The summed E-state index contributed by atoms with van der Waals surface area (Å²) in [6, 6.07) is 14.4. The van der Waals surface area contributed by atoms with Gasteiger partial charge in [0.15, 0.2) is 15.6 Å². The summed E-state index contributed by atoms with van der Waals surface area (Å²) in [7, 11) is -3.28. The van der Waals surface area contributed by atoms with Gasteiger partial charge in [0.1, 0.15) is 5.82 Å². The van der Waals surface area contributed by atoms with E-state index in [0.29, 0.717) is 5.56 Å². The molecule has 2 aromatic carbocycles. The van der Waals surface area contributed by atoms with E-state index in [1.165, 1.54) is 19.1 Å². The van der Waals surface area contributed by atoms with Crippen LogP contribution in [0.3, 0.4) is 0 Å². The summed E-state index contributed by atoms with van der Waals surface area (Å²) in [6.07, 6.45) is 0. The first-order valence-electron chi connectivity index (χ1n) is 8.57. The van der Waals surface area contributed by atoms with E-state index in [1.54, 1.807) is 49.4 Å². The highest BCUT2D eigenvalue weighted by Gasteiger charge is 2.18. The number of nitrogens with zero attached hydrogens (tertiary/aromatic N) is 1. The van der Waals surface area contributed by atoms with Crippen molar-refractivity contribution in [1.82, 2.24) is 4.57 Å². The Morgan fingerprint density at radius 1 is 1.04 bits per heavy atom. The maximum atomic E-state index is 13.3. The van der Waals surface area contributed by atoms with E-state index < -0.39 is 9.84 Å². The third-order valence-electron chi connectivity index (χ3n) is 4.60. The summed E-state index contributed by atoms with van der Waals surface area (Å²) in [6.45, 7) is 4.93. The molecule has 27 heavy (non-hydrogen) atoms. The molecule has 0 spiro atoms. The highest BCUT2D eigenvalue weighted by molar-refractivity contribution is 7.91. The number of ketones is 1. The second-order valence-corrected chi connectivity index (χ2v) is 8.60. The third-order valence-corrected chi connectivity index (χ3v) is 6.35. The van der Waals surface area contributed by atoms with Gasteiger partial charge in [-0.3, -0.25) is 4.79 Å². The first-order valence-corrected chi connectivity index (χ1v) is 10.2. The Morgan fingerprint density at radius 3 is 2.15 bits per heavy atom. The van der Waals surface area contributed by atoms with Crippen LogP contribution in [-0.4, -0.2) is 24.5 Å². The van der Waals surface area contributed by atoms with Gasteiger partial charge in [-0.25, -0.2) is 12.8 Å². The van der Waals surface area contributed by atoms with E-state index in [4.69, 9.17) is 0 Å². The first kappa shape index (κ1) is 19.0. The molecule has 0 radical (unpaired) electrons. The van der Waals surface area contributed by atoms with Crippen molar-refractivity contribution in [3.63, 3.8) is 0 Å². The average molecular weight is 385 g/mol. The van der Waals surface area contributed by atoms with Crippen molar-refractivity contribution in [2.75, 3.05) is 5.75 Å². The summed E-state index contributed by atoms with van der Waals surface area (Å²) in [5.41, 5.74) is 3.55. The van der Waals surface area contributed by atoms with Gasteiger partial charge in [-0.05, 0) is 61.9 Å². The second kappa shape index (κ2) is 7.12. The number of carbonyl (C=O) groups is 1. The monoisotopic (exact) mass is 385 g/mol. The molecular weight excluding hydrogens is 365 g/mol. The molecular formula is C21H20FNO3S. The van der Waals surface area contributed by atoms with Gasteiger partial charge in [0.05, 0.1) is 16.3 Å². The fourth-order valence-electron chi connectivity index (χ4n) is 3.10. The summed E-state index contributed by atoms with van der Waals surface area (Å²) < 4.78 is 39.3. The average Bonchev–Trinajstić information content (AvgIpc) is 3.00. The largest absolute Gasteiger partial charge is 0.313 e. The van der Waals surface area contributed by atoms with Crippen LogP contribution in [0.5, 0.6) is 0 Å². The van der Waals surface area contributed by atoms with E-state index in [1.807, 2.05) is 11.5 Å². The van der Waals surface area contributed by atoms with Crippen LogP contribution in [0, 0.1) is 12.7 Å². The fourth-order valence-corrected chi connectivity index (χ4v) is 3.98. The van der Waals surface area contributed by atoms with Gasteiger partial charge in [-0.2, -0.15) is 0 Å². The van der Waals surface area contributed by atoms with Gasteiger partial charge in [0.2, 0.25) is 0 Å². The molecule has 0 amide bonds. The topological polar surface area (TPSA) is 56.1 Å². The van der Waals surface area contributed by atoms with Crippen molar-refractivity contribution in [1.29, 1.82) is 0 Å². The highest BCUT2D eigenvalue weighted by Crippen LogP contribution is 2.30. The van der Waals surface area contributed by atoms with Crippen LogP contribution in [0.15, 0.2) is 59.5 Å². The number of hydrogen-bond acceptors (Lipinski definition) is 3. The van der Waals surface area contributed by atoms with Crippen LogP contribution < -0.4 is 0 Å². The molecule has 0 N–H and O–H groups in total. The van der Waals surface area contributed by atoms with Crippen molar-refractivity contribution in [3.8, 4) is 16.9 Å². The van der Waals surface area contributed by atoms with Crippen LogP contribution >= 0.6 is 0 Å². The van der Waals surface area contributed by atoms with Crippen LogP contribution in [0.25, 0.3) is 16.9 Å². The lowest BCUT2D eigenvalue weighted by atomic mass is 10.1. The number of halogens is 1. The summed E-state index contributed by atoms with van der Waals surface area (Å²) in [5.74, 6) is -0.378. The molecule has 0 bridgehead atoms. The van der Waals surface area contributed by atoms with E-state index in [9.17, 15) is 17.6 Å². The zero-order valence-corrected chi connectivity index (χ0v) is 16.2. The van der Waals surface area contributed by atoms with Crippen molar-refractivity contribution < 1.29 is 17.6 Å². The predicted octanol–water partition coefficient (Wildman–Crippen LogP) is 4.59. The summed E-state index contributed by atoms with van der Waals surface area (Å²) in [5, 5.41) is 0. The lowest BCUT2D eigenvalue weighted by Gasteiger charge is -2.13. The van der Waals surface area contributed by atoms with Crippen molar-refractivity contribution in [3.05, 3.63) is 71.7 Å². The van der Waals surface area contributed by atoms with Crippen molar-refractivity contribution in [2.24, 2.45) is 0 Å². The molecule has 6 heteroatoms. The molecule has 0 saturated carbocycles. The number of sulfone groups is 1. The molecule has 0 saturated heterocycles. The first-order chi connectivity index (χ1) is 12.7. The molecule has 1 heterocycles. The summed E-state index contributed by atoms with van der Waals surface area (Å²) >= 11 is 0. The van der Waals surface area contributed by atoms with Gasteiger partial charge in [0.25, 0.3) is 0 Å². The molecule has 0 aliphatic heterocycles. The lowest BCUT2D eigenvalue weighted by Crippen LogP contribution is -2.04. The highest BCUT2D eigenvalue weighted by atomic mass is 32.2. The zero-order chi connectivity index (χ0) is 19.8. The molecule has 1 aromatic heterocycles. The van der Waals surface area contributed by atoms with Crippen LogP contribution in [-0.2, 0) is 9.84 Å². The van der Waals surface area contributed by atoms with Crippen LogP contribution in [0.1, 0.15) is 29.9 Å². The Balaban J connectivity index is 2.19. The van der Waals surface area contributed by atoms with E-state index >= 15 is 0 Å². The number of aromatic nitrogens is 1. The number of hydrogen-bond donors (Lipinski definition) is 0. The number of benzene rings is 2. The number of rotatable bonds is 5. The minimum atomic E-state index is -3.28. The maximum absolute atomic E-state index is 13.3. The molecule has 0 aliphatic carbocycles. The quantitative estimate of drug-likeness (QED) is 0.604. The van der Waals surface area contributed by atoms with E-state index in [2.05, 4.69) is 0 Å². The van der Waals surface area contributed by atoms with E-state index in [-0.39, 0.29) is 22.2 Å². The predicted molar refractivity (Wildman–Crippen MR) is 104 cm³/mol. The standard InChI is InChI=1S/C21H20FNO3S/c1-4-27(25,26)19-11-5-16(6-12-19)21-13-20(15(3)24)14(2)23(21)18-9-7-17(22)8-10-18/h5-13H,4H2,1-3H3. The minimum Gasteiger partial charge on any atom is -0.313 e. The Labute approximate surface area is 158 Å². The molecule has 0 aliphatic rings. The normalized spacial score (nSPS) is 11.6. The zero-order valence-electron chi connectivity index (χ0n) is 15.4. The van der Waals surface area contributed by atoms with Gasteiger partial charge >= 0.3 is 0 Å². The number of carbonyl (C=O) groups excluding carboxylic acids is 1. The third kappa shape index (κ3) is 3.57.